The molecule has 0 bridgehead atoms. The van der Waals surface area contributed by atoms with Crippen LogP contribution >= 0.6 is 11.3 Å². The average Bonchev–Trinajstić information content (AvgIpc) is 2.75. The highest BCUT2D eigenvalue weighted by molar-refractivity contribution is 7.89. The largest absolute Gasteiger partial charge is 0.312 e. The van der Waals surface area contributed by atoms with E-state index in [1.54, 1.807) is 15.6 Å². The lowest BCUT2D eigenvalue weighted by Gasteiger charge is -2.22. The number of hydrogen-bond acceptors (Lipinski definition) is 4. The number of rotatable bonds is 8. The van der Waals surface area contributed by atoms with Crippen molar-refractivity contribution in [1.82, 2.24) is 9.62 Å². The molecule has 0 aromatic carbocycles. The van der Waals surface area contributed by atoms with Gasteiger partial charge in [0.25, 0.3) is 0 Å². The second-order valence-electron chi connectivity index (χ2n) is 5.26. The van der Waals surface area contributed by atoms with Crippen LogP contribution in [0.2, 0.25) is 0 Å². The van der Waals surface area contributed by atoms with Crippen LogP contribution in [-0.4, -0.2) is 32.4 Å². The molecule has 0 fully saturated rings. The number of aryl methyl sites for hydroxylation is 1. The maximum Gasteiger partial charge on any atom is 0.244 e. The fourth-order valence-electron chi connectivity index (χ4n) is 2.06. The van der Waals surface area contributed by atoms with Crippen LogP contribution in [0.5, 0.6) is 0 Å². The van der Waals surface area contributed by atoms with E-state index in [-0.39, 0.29) is 0 Å². The molecule has 0 aliphatic carbocycles. The van der Waals surface area contributed by atoms with Gasteiger partial charge in [0.2, 0.25) is 10.0 Å². The number of nitrogens with zero attached hydrogens (tertiary/aromatic N) is 1. The van der Waals surface area contributed by atoms with Gasteiger partial charge >= 0.3 is 0 Å². The summed E-state index contributed by atoms with van der Waals surface area (Å²) in [5.41, 5.74) is 0. The van der Waals surface area contributed by atoms with E-state index >= 15 is 0 Å². The van der Waals surface area contributed by atoms with Gasteiger partial charge < -0.3 is 5.32 Å². The van der Waals surface area contributed by atoms with E-state index in [0.717, 1.165) is 22.8 Å². The predicted octanol–water partition coefficient (Wildman–Crippen LogP) is 2.83. The van der Waals surface area contributed by atoms with Crippen molar-refractivity contribution < 1.29 is 8.42 Å². The lowest BCUT2D eigenvalue weighted by molar-refractivity contribution is 0.381. The Morgan fingerprint density at radius 3 is 2.50 bits per heavy atom. The first-order valence-electron chi connectivity index (χ1n) is 7.13. The molecule has 0 saturated carbocycles. The molecule has 0 aliphatic heterocycles. The summed E-state index contributed by atoms with van der Waals surface area (Å²) in [4.78, 5) is 2.42. The Bertz CT molecular complexity index is 521. The summed E-state index contributed by atoms with van der Waals surface area (Å²) in [5.74, 6) is 0.324. The molecule has 116 valence electrons. The molecule has 0 radical (unpaired) electrons. The van der Waals surface area contributed by atoms with E-state index in [1.807, 2.05) is 40.7 Å². The molecule has 1 rings (SSSR count). The van der Waals surface area contributed by atoms with E-state index in [1.165, 1.54) is 0 Å². The standard InChI is InChI=1S/C14H26N2O2S2/c1-6-15-9-13-8-14(12(5)19-13)20(17,18)16(7-2)10-11(3)4/h8,11,15H,6-7,9-10H2,1-5H3. The monoisotopic (exact) mass is 318 g/mol. The Hall–Kier alpha value is -0.430. The van der Waals surface area contributed by atoms with Gasteiger partial charge in [-0.05, 0) is 25.5 Å². The van der Waals surface area contributed by atoms with Gasteiger partial charge in [-0.2, -0.15) is 4.31 Å². The van der Waals surface area contributed by atoms with Crippen molar-refractivity contribution in [3.63, 3.8) is 0 Å². The second-order valence-corrected chi connectivity index (χ2v) is 8.51. The van der Waals surface area contributed by atoms with E-state index in [0.29, 0.717) is 23.9 Å². The number of thiophene rings is 1. The molecule has 1 aromatic heterocycles. The van der Waals surface area contributed by atoms with Gasteiger partial charge in [0.15, 0.2) is 0 Å². The van der Waals surface area contributed by atoms with Gasteiger partial charge in [-0.3, -0.25) is 0 Å². The summed E-state index contributed by atoms with van der Waals surface area (Å²) in [6.45, 7) is 12.6. The summed E-state index contributed by atoms with van der Waals surface area (Å²) in [7, 11) is -3.37. The van der Waals surface area contributed by atoms with Crippen LogP contribution in [0.25, 0.3) is 0 Å². The Labute approximate surface area is 127 Å². The molecule has 0 amide bonds. The van der Waals surface area contributed by atoms with Gasteiger partial charge in [-0.1, -0.05) is 27.7 Å². The third kappa shape index (κ3) is 4.28. The molecule has 0 atom stereocenters. The molecule has 1 N–H and O–H groups in total. The molecule has 6 heteroatoms. The summed E-state index contributed by atoms with van der Waals surface area (Å²) in [5, 5.41) is 3.23. The molecule has 0 aliphatic rings. The van der Waals surface area contributed by atoms with Gasteiger partial charge in [0.1, 0.15) is 0 Å². The van der Waals surface area contributed by atoms with Crippen molar-refractivity contribution in [2.75, 3.05) is 19.6 Å². The Kier molecular flexibility index (Phi) is 6.64. The Morgan fingerprint density at radius 1 is 1.35 bits per heavy atom. The fraction of sp³-hybridized carbons (Fsp3) is 0.714. The fourth-order valence-corrected chi connectivity index (χ4v) is 5.25. The summed E-state index contributed by atoms with van der Waals surface area (Å²) in [6, 6.07) is 1.82. The first kappa shape index (κ1) is 17.6. The van der Waals surface area contributed by atoms with Crippen molar-refractivity contribution in [1.29, 1.82) is 0 Å². The molecule has 4 nitrogen and oxygen atoms in total. The summed E-state index contributed by atoms with van der Waals surface area (Å²) in [6.07, 6.45) is 0. The number of sulfonamides is 1. The van der Waals surface area contributed by atoms with Crippen LogP contribution < -0.4 is 5.32 Å². The van der Waals surface area contributed by atoms with Crippen LogP contribution in [0, 0.1) is 12.8 Å². The molecule has 0 unspecified atom stereocenters. The highest BCUT2D eigenvalue weighted by atomic mass is 32.2. The third-order valence-corrected chi connectivity index (χ3v) is 6.26. The van der Waals surface area contributed by atoms with E-state index in [9.17, 15) is 8.42 Å². The van der Waals surface area contributed by atoms with Crippen LogP contribution in [0.15, 0.2) is 11.0 Å². The highest BCUT2D eigenvalue weighted by Crippen LogP contribution is 2.28. The quantitative estimate of drug-likeness (QED) is 0.802. The van der Waals surface area contributed by atoms with Gasteiger partial charge in [0, 0.05) is 29.4 Å². The van der Waals surface area contributed by atoms with Crippen molar-refractivity contribution in [3.05, 3.63) is 15.8 Å². The first-order chi connectivity index (χ1) is 9.32. The van der Waals surface area contributed by atoms with Crippen LogP contribution in [-0.2, 0) is 16.6 Å². The van der Waals surface area contributed by atoms with Crippen LogP contribution in [0.3, 0.4) is 0 Å². The van der Waals surface area contributed by atoms with E-state index < -0.39 is 10.0 Å². The Balaban J connectivity index is 3.04. The molecular formula is C14H26N2O2S2. The average molecular weight is 319 g/mol. The van der Waals surface area contributed by atoms with E-state index in [4.69, 9.17) is 0 Å². The zero-order valence-corrected chi connectivity index (χ0v) is 14.7. The molecular weight excluding hydrogens is 292 g/mol. The van der Waals surface area contributed by atoms with E-state index in [2.05, 4.69) is 5.32 Å². The molecule has 0 saturated heterocycles. The smallest absolute Gasteiger partial charge is 0.244 e. The van der Waals surface area contributed by atoms with Crippen LogP contribution in [0.1, 0.15) is 37.4 Å². The molecule has 0 spiro atoms. The normalized spacial score (nSPS) is 12.6. The highest BCUT2D eigenvalue weighted by Gasteiger charge is 2.27. The maximum absolute atomic E-state index is 12.7. The first-order valence-corrected chi connectivity index (χ1v) is 9.38. The molecule has 20 heavy (non-hydrogen) atoms. The molecule has 1 aromatic rings. The van der Waals surface area contributed by atoms with Gasteiger partial charge in [0.05, 0.1) is 4.90 Å². The zero-order chi connectivity index (χ0) is 15.3. The van der Waals surface area contributed by atoms with Crippen molar-refractivity contribution >= 4 is 21.4 Å². The topological polar surface area (TPSA) is 49.4 Å². The molecule has 1 heterocycles. The minimum absolute atomic E-state index is 0.324. The second kappa shape index (κ2) is 7.54. The third-order valence-electron chi connectivity index (χ3n) is 3.01. The zero-order valence-electron chi connectivity index (χ0n) is 13.1. The minimum atomic E-state index is -3.37. The van der Waals surface area contributed by atoms with Crippen molar-refractivity contribution in [2.45, 2.75) is 46.1 Å². The van der Waals surface area contributed by atoms with Gasteiger partial charge in [-0.25, -0.2) is 8.42 Å². The van der Waals surface area contributed by atoms with Crippen molar-refractivity contribution in [3.8, 4) is 0 Å². The maximum atomic E-state index is 12.7. The Morgan fingerprint density at radius 2 is 2.00 bits per heavy atom. The summed E-state index contributed by atoms with van der Waals surface area (Å²) < 4.78 is 27.0. The summed E-state index contributed by atoms with van der Waals surface area (Å²) >= 11 is 1.56. The van der Waals surface area contributed by atoms with Crippen LogP contribution in [0.4, 0.5) is 0 Å². The lowest BCUT2D eigenvalue weighted by Crippen LogP contribution is -2.34. The predicted molar refractivity (Wildman–Crippen MR) is 85.7 cm³/mol. The lowest BCUT2D eigenvalue weighted by atomic mass is 10.2. The number of hydrogen-bond donors (Lipinski definition) is 1. The minimum Gasteiger partial charge on any atom is -0.312 e. The SMILES string of the molecule is CCNCc1cc(S(=O)(=O)N(CC)CC(C)C)c(C)s1. The van der Waals surface area contributed by atoms with Crippen molar-refractivity contribution in [2.24, 2.45) is 5.92 Å². The number of nitrogens with one attached hydrogen (secondary N) is 1. The van der Waals surface area contributed by atoms with Gasteiger partial charge in [-0.15, -0.1) is 11.3 Å².